The van der Waals surface area contributed by atoms with Crippen LogP contribution in [0.15, 0.2) is 35.0 Å². The summed E-state index contributed by atoms with van der Waals surface area (Å²) in [5.41, 5.74) is 6.85. The first-order valence-corrected chi connectivity index (χ1v) is 9.69. The van der Waals surface area contributed by atoms with Crippen molar-refractivity contribution in [1.29, 1.82) is 0 Å². The van der Waals surface area contributed by atoms with E-state index in [4.69, 9.17) is 14.9 Å². The molecule has 1 saturated carbocycles. The molecule has 2 aromatic heterocycles. The molecule has 11 heteroatoms. The van der Waals surface area contributed by atoms with Crippen LogP contribution in [0.1, 0.15) is 42.1 Å². The highest BCUT2D eigenvalue weighted by atomic mass is 19.3. The highest BCUT2D eigenvalue weighted by molar-refractivity contribution is 6.03. The number of anilines is 1. The van der Waals surface area contributed by atoms with Crippen LogP contribution in [0.5, 0.6) is 11.5 Å². The van der Waals surface area contributed by atoms with Crippen molar-refractivity contribution in [2.24, 2.45) is 11.7 Å². The van der Waals surface area contributed by atoms with E-state index in [9.17, 15) is 13.6 Å². The van der Waals surface area contributed by atoms with Crippen molar-refractivity contribution < 1.29 is 27.5 Å². The largest absolute Gasteiger partial charge is 0.489 e. The topological polar surface area (TPSA) is 128 Å². The van der Waals surface area contributed by atoms with E-state index in [2.05, 4.69) is 25.2 Å². The monoisotopic (exact) mass is 433 g/mol. The number of ether oxygens (including phenoxy) is 2. The maximum atomic E-state index is 12.8. The van der Waals surface area contributed by atoms with Gasteiger partial charge in [-0.05, 0) is 43.9 Å². The Hall–Kier alpha value is -3.47. The summed E-state index contributed by atoms with van der Waals surface area (Å²) in [7, 11) is 0. The Labute approximate surface area is 175 Å². The fraction of sp³-hybridized carbons (Fsp3) is 0.350. The lowest BCUT2D eigenvalue weighted by Crippen LogP contribution is -2.17. The standard InChI is InChI=1S/C20H21F2N5O4/c1-10(23)17-16(18(28)26-13-7-24-25-8-13)27-19(31-17)12-4-5-14(30-20(21)22)15(6-12)29-9-11-2-3-11/h4-8,10-11,20H,2-3,9,23H2,1H3,(H,24,25)(H,26,28). The van der Waals surface area contributed by atoms with E-state index < -0.39 is 18.6 Å². The molecular formula is C20H21F2N5O4. The molecule has 9 nitrogen and oxygen atoms in total. The highest BCUT2D eigenvalue weighted by Crippen LogP contribution is 2.37. The van der Waals surface area contributed by atoms with E-state index in [-0.39, 0.29) is 28.8 Å². The molecule has 1 aliphatic carbocycles. The zero-order valence-corrected chi connectivity index (χ0v) is 16.6. The molecule has 4 N–H and O–H groups in total. The number of alkyl halides is 2. The minimum atomic E-state index is -2.99. The third kappa shape index (κ3) is 5.00. The van der Waals surface area contributed by atoms with Crippen molar-refractivity contribution in [3.63, 3.8) is 0 Å². The third-order valence-electron chi connectivity index (χ3n) is 4.62. The molecule has 0 spiro atoms. The average molecular weight is 433 g/mol. The molecular weight excluding hydrogens is 412 g/mol. The highest BCUT2D eigenvalue weighted by Gasteiger charge is 2.26. The predicted octanol–water partition coefficient (Wildman–Crippen LogP) is 3.73. The minimum Gasteiger partial charge on any atom is -0.489 e. The fourth-order valence-electron chi connectivity index (χ4n) is 2.88. The van der Waals surface area contributed by atoms with Crippen molar-refractivity contribution in [3.05, 3.63) is 42.0 Å². The van der Waals surface area contributed by atoms with E-state index in [0.717, 1.165) is 12.8 Å². The van der Waals surface area contributed by atoms with Crippen LogP contribution in [-0.4, -0.2) is 34.3 Å². The number of hydrogen-bond acceptors (Lipinski definition) is 7. The zero-order valence-electron chi connectivity index (χ0n) is 16.6. The van der Waals surface area contributed by atoms with Crippen LogP contribution in [0, 0.1) is 5.92 Å². The van der Waals surface area contributed by atoms with Crippen molar-refractivity contribution in [2.45, 2.75) is 32.4 Å². The second kappa shape index (κ2) is 8.72. The molecule has 1 fully saturated rings. The lowest BCUT2D eigenvalue weighted by Gasteiger charge is -2.12. The number of oxazole rings is 1. The Morgan fingerprint density at radius 1 is 1.39 bits per heavy atom. The van der Waals surface area contributed by atoms with Gasteiger partial charge in [-0.1, -0.05) is 0 Å². The first-order chi connectivity index (χ1) is 14.9. The maximum Gasteiger partial charge on any atom is 0.387 e. The van der Waals surface area contributed by atoms with Gasteiger partial charge < -0.3 is 24.9 Å². The first kappa shape index (κ1) is 20.8. The molecule has 1 aliphatic rings. The van der Waals surface area contributed by atoms with Gasteiger partial charge in [-0.25, -0.2) is 4.98 Å². The van der Waals surface area contributed by atoms with Gasteiger partial charge in [0.25, 0.3) is 5.91 Å². The summed E-state index contributed by atoms with van der Waals surface area (Å²) >= 11 is 0. The molecule has 3 aromatic rings. The van der Waals surface area contributed by atoms with E-state index in [1.807, 2.05) is 0 Å². The summed E-state index contributed by atoms with van der Waals surface area (Å²) in [6.07, 6.45) is 5.03. The molecule has 0 radical (unpaired) electrons. The van der Waals surface area contributed by atoms with Gasteiger partial charge in [-0.15, -0.1) is 0 Å². The van der Waals surface area contributed by atoms with Gasteiger partial charge in [0.2, 0.25) is 5.89 Å². The van der Waals surface area contributed by atoms with Crippen molar-refractivity contribution in [3.8, 4) is 23.0 Å². The summed E-state index contributed by atoms with van der Waals surface area (Å²) in [5.74, 6) is 0.235. The number of nitrogens with two attached hydrogens (primary N) is 1. The number of hydrogen-bond donors (Lipinski definition) is 3. The number of nitrogens with zero attached hydrogens (tertiary/aromatic N) is 2. The number of rotatable bonds is 9. The first-order valence-electron chi connectivity index (χ1n) is 9.69. The Balaban J connectivity index is 1.64. The van der Waals surface area contributed by atoms with Gasteiger partial charge in [0.15, 0.2) is 23.0 Å². The number of carbonyl (C=O) groups excluding carboxylic acids is 1. The van der Waals surface area contributed by atoms with Crippen molar-refractivity contribution in [1.82, 2.24) is 15.2 Å². The van der Waals surface area contributed by atoms with E-state index >= 15 is 0 Å². The molecule has 0 saturated heterocycles. The Kier molecular flexibility index (Phi) is 5.85. The number of carbonyl (C=O) groups is 1. The smallest absolute Gasteiger partial charge is 0.387 e. The Morgan fingerprint density at radius 3 is 2.84 bits per heavy atom. The van der Waals surface area contributed by atoms with Gasteiger partial charge >= 0.3 is 6.61 Å². The molecule has 0 aliphatic heterocycles. The van der Waals surface area contributed by atoms with Gasteiger partial charge in [-0.3, -0.25) is 9.89 Å². The number of aromatic amines is 1. The summed E-state index contributed by atoms with van der Waals surface area (Å²) in [5, 5.41) is 9.00. The van der Waals surface area contributed by atoms with Crippen molar-refractivity contribution in [2.75, 3.05) is 11.9 Å². The van der Waals surface area contributed by atoms with Gasteiger partial charge in [0.1, 0.15) is 0 Å². The quantitative estimate of drug-likeness (QED) is 0.469. The molecule has 4 rings (SSSR count). The SMILES string of the molecule is CC(N)c1oc(-c2ccc(OC(F)F)c(OCC3CC3)c2)nc1C(=O)Nc1cn[nH]c1. The average Bonchev–Trinajstić information content (AvgIpc) is 3.21. The molecule has 164 valence electrons. The van der Waals surface area contributed by atoms with Gasteiger partial charge in [-0.2, -0.15) is 13.9 Å². The number of benzene rings is 1. The van der Waals surface area contributed by atoms with E-state index in [1.165, 1.54) is 30.6 Å². The van der Waals surface area contributed by atoms with Crippen molar-refractivity contribution >= 4 is 11.6 Å². The molecule has 31 heavy (non-hydrogen) atoms. The van der Waals surface area contributed by atoms with Gasteiger partial charge in [0.05, 0.1) is 24.5 Å². The van der Waals surface area contributed by atoms with Crippen LogP contribution in [0.3, 0.4) is 0 Å². The molecule has 1 amide bonds. The zero-order chi connectivity index (χ0) is 22.0. The summed E-state index contributed by atoms with van der Waals surface area (Å²) in [6.45, 7) is -0.931. The van der Waals surface area contributed by atoms with Crippen LogP contribution in [-0.2, 0) is 0 Å². The van der Waals surface area contributed by atoms with Crippen LogP contribution >= 0.6 is 0 Å². The molecule has 1 atom stereocenters. The fourth-order valence-corrected chi connectivity index (χ4v) is 2.88. The summed E-state index contributed by atoms with van der Waals surface area (Å²) in [6, 6.07) is 3.73. The lowest BCUT2D eigenvalue weighted by atomic mass is 10.2. The summed E-state index contributed by atoms with van der Waals surface area (Å²) in [4.78, 5) is 16.9. The lowest BCUT2D eigenvalue weighted by molar-refractivity contribution is -0.0515. The number of H-pyrrole nitrogens is 1. The second-order valence-corrected chi connectivity index (χ2v) is 7.26. The van der Waals surface area contributed by atoms with Crippen LogP contribution in [0.25, 0.3) is 11.5 Å². The number of halogens is 2. The van der Waals surface area contributed by atoms with E-state index in [1.54, 1.807) is 6.92 Å². The number of amides is 1. The molecule has 0 bridgehead atoms. The number of aromatic nitrogens is 3. The molecule has 1 aromatic carbocycles. The maximum absolute atomic E-state index is 12.8. The predicted molar refractivity (Wildman–Crippen MR) is 106 cm³/mol. The molecule has 2 heterocycles. The number of nitrogens with one attached hydrogen (secondary N) is 2. The third-order valence-corrected chi connectivity index (χ3v) is 4.62. The second-order valence-electron chi connectivity index (χ2n) is 7.26. The van der Waals surface area contributed by atoms with Crippen LogP contribution in [0.4, 0.5) is 14.5 Å². The summed E-state index contributed by atoms with van der Waals surface area (Å²) < 4.78 is 41.5. The van der Waals surface area contributed by atoms with Crippen LogP contribution < -0.4 is 20.5 Å². The Morgan fingerprint density at radius 2 is 2.19 bits per heavy atom. The minimum absolute atomic E-state index is 0.0135. The van der Waals surface area contributed by atoms with Crippen LogP contribution in [0.2, 0.25) is 0 Å². The normalized spacial score (nSPS) is 14.5. The van der Waals surface area contributed by atoms with Gasteiger partial charge in [0, 0.05) is 11.8 Å². The Bertz CT molecular complexity index is 1050. The molecule has 1 unspecified atom stereocenters. The van der Waals surface area contributed by atoms with E-state index in [0.29, 0.717) is 23.8 Å².